The smallest absolute Gasteiger partial charge is 0.165 e. The number of nitrogens with one attached hydrogen (secondary N) is 1. The molecule has 1 aliphatic carbocycles. The normalized spacial score (nSPS) is 23.6. The molecule has 2 heterocycles. The molecule has 2 aromatic rings. The fraction of sp³-hybridized carbons (Fsp3) is 0.550. The maximum Gasteiger partial charge on any atom is 0.165 e. The zero-order chi connectivity index (χ0) is 16.2. The highest BCUT2D eigenvalue weighted by Gasteiger charge is 2.37. The van der Waals surface area contributed by atoms with Crippen LogP contribution in [0.1, 0.15) is 56.5 Å². The van der Waals surface area contributed by atoms with Gasteiger partial charge in [0.15, 0.2) is 6.54 Å². The summed E-state index contributed by atoms with van der Waals surface area (Å²) in [4.78, 5) is 1.47. The Morgan fingerprint density at radius 3 is 2.91 bits per heavy atom. The molecule has 1 aromatic carbocycles. The quantitative estimate of drug-likeness (QED) is 0.807. The Labute approximate surface area is 138 Å². The van der Waals surface area contributed by atoms with Gasteiger partial charge in [-0.3, -0.25) is 0 Å². The van der Waals surface area contributed by atoms with Crippen molar-refractivity contribution < 1.29 is 4.90 Å². The molecule has 1 N–H and O–H groups in total. The second kappa shape index (κ2) is 5.11. The Hall–Kier alpha value is -1.79. The number of rotatable bonds is 1. The van der Waals surface area contributed by atoms with Crippen molar-refractivity contribution in [2.75, 3.05) is 13.1 Å². The highest BCUT2D eigenvalue weighted by atomic mass is 15.2. The van der Waals surface area contributed by atoms with E-state index in [-0.39, 0.29) is 5.41 Å². The number of benzene rings is 1. The fourth-order valence-electron chi connectivity index (χ4n) is 4.57. The van der Waals surface area contributed by atoms with E-state index in [0.29, 0.717) is 12.6 Å². The second-order valence-electron chi connectivity index (χ2n) is 8.19. The molecule has 2 unspecified atom stereocenters. The summed E-state index contributed by atoms with van der Waals surface area (Å²) in [5.41, 5.74) is 6.12. The lowest BCUT2D eigenvalue weighted by Gasteiger charge is -2.35. The van der Waals surface area contributed by atoms with Crippen molar-refractivity contribution in [2.24, 2.45) is 0 Å². The minimum Gasteiger partial charge on any atom is -0.334 e. The average molecular weight is 308 g/mol. The van der Waals surface area contributed by atoms with Crippen LogP contribution in [0.3, 0.4) is 0 Å². The third-order valence-electron chi connectivity index (χ3n) is 5.78. The van der Waals surface area contributed by atoms with Gasteiger partial charge in [0, 0.05) is 17.3 Å². The molecule has 0 saturated carbocycles. The molecule has 0 bridgehead atoms. The van der Waals surface area contributed by atoms with Gasteiger partial charge in [0.1, 0.15) is 12.1 Å². The van der Waals surface area contributed by atoms with Crippen molar-refractivity contribution in [1.29, 1.82) is 5.26 Å². The molecule has 3 nitrogen and oxygen atoms in total. The summed E-state index contributed by atoms with van der Waals surface area (Å²) in [7, 11) is 0. The van der Waals surface area contributed by atoms with E-state index in [0.717, 1.165) is 13.1 Å². The molecule has 2 atom stereocenters. The number of nitriles is 1. The van der Waals surface area contributed by atoms with E-state index < -0.39 is 0 Å². The standard InChI is InChI=1S/C20H25N3/c1-20(2,3)14-7-8-17-16(13-14)15-5-4-6-18-19(15)23(17)12-11-22(18)10-9-21/h7-8,13,18H,4-6,10-12H2,1-3H3/p+1. The number of hydrogen-bond acceptors (Lipinski definition) is 1. The fourth-order valence-corrected chi connectivity index (χ4v) is 4.57. The van der Waals surface area contributed by atoms with Gasteiger partial charge in [0.25, 0.3) is 0 Å². The van der Waals surface area contributed by atoms with Crippen molar-refractivity contribution in [2.45, 2.75) is 58.0 Å². The molecule has 0 radical (unpaired) electrons. The van der Waals surface area contributed by atoms with Crippen LogP contribution in [-0.4, -0.2) is 17.7 Å². The number of nitrogens with zero attached hydrogens (tertiary/aromatic N) is 2. The second-order valence-corrected chi connectivity index (χ2v) is 8.19. The van der Waals surface area contributed by atoms with Gasteiger partial charge in [-0.15, -0.1) is 0 Å². The summed E-state index contributed by atoms with van der Waals surface area (Å²) in [6, 6.07) is 9.99. The molecule has 0 amide bonds. The molecule has 1 aromatic heterocycles. The Kier molecular flexibility index (Phi) is 3.28. The van der Waals surface area contributed by atoms with Gasteiger partial charge < -0.3 is 9.47 Å². The van der Waals surface area contributed by atoms with E-state index in [9.17, 15) is 0 Å². The van der Waals surface area contributed by atoms with Crippen LogP contribution in [0.25, 0.3) is 10.9 Å². The van der Waals surface area contributed by atoms with Crippen LogP contribution in [0.2, 0.25) is 0 Å². The van der Waals surface area contributed by atoms with E-state index >= 15 is 0 Å². The first kappa shape index (κ1) is 14.8. The van der Waals surface area contributed by atoms with Crippen LogP contribution in [0.4, 0.5) is 0 Å². The first-order valence-electron chi connectivity index (χ1n) is 8.87. The predicted molar refractivity (Wildman–Crippen MR) is 92.6 cm³/mol. The van der Waals surface area contributed by atoms with E-state index in [1.165, 1.54) is 46.3 Å². The number of fused-ring (bicyclic) bond motifs is 3. The molecular weight excluding hydrogens is 282 g/mol. The van der Waals surface area contributed by atoms with Gasteiger partial charge >= 0.3 is 0 Å². The maximum atomic E-state index is 9.16. The molecule has 1 aliphatic heterocycles. The molecule has 23 heavy (non-hydrogen) atoms. The van der Waals surface area contributed by atoms with Gasteiger partial charge in [0.05, 0.1) is 18.8 Å². The topological polar surface area (TPSA) is 33.2 Å². The predicted octanol–water partition coefficient (Wildman–Crippen LogP) is 2.74. The maximum absolute atomic E-state index is 9.16. The van der Waals surface area contributed by atoms with Crippen LogP contribution < -0.4 is 4.90 Å². The summed E-state index contributed by atoms with van der Waals surface area (Å²) in [5.74, 6) is 0. The van der Waals surface area contributed by atoms with Crippen molar-refractivity contribution in [3.05, 3.63) is 35.0 Å². The number of aromatic nitrogens is 1. The van der Waals surface area contributed by atoms with Crippen LogP contribution in [0, 0.1) is 11.3 Å². The van der Waals surface area contributed by atoms with Crippen molar-refractivity contribution in [1.82, 2.24) is 4.57 Å². The summed E-state index contributed by atoms with van der Waals surface area (Å²) >= 11 is 0. The lowest BCUT2D eigenvalue weighted by Crippen LogP contribution is -3.13. The van der Waals surface area contributed by atoms with Crippen molar-refractivity contribution in [3.63, 3.8) is 0 Å². The third kappa shape index (κ3) is 2.20. The molecule has 3 heteroatoms. The third-order valence-corrected chi connectivity index (χ3v) is 5.78. The summed E-state index contributed by atoms with van der Waals surface area (Å²) in [5, 5.41) is 10.6. The highest BCUT2D eigenvalue weighted by Crippen LogP contribution is 2.39. The van der Waals surface area contributed by atoms with Gasteiger partial charge in [-0.25, -0.2) is 0 Å². The van der Waals surface area contributed by atoms with Gasteiger partial charge in [0.2, 0.25) is 0 Å². The van der Waals surface area contributed by atoms with Crippen LogP contribution in [0.5, 0.6) is 0 Å². The monoisotopic (exact) mass is 308 g/mol. The molecule has 0 fully saturated rings. The summed E-state index contributed by atoms with van der Waals surface area (Å²) in [6.07, 6.45) is 3.68. The molecule has 2 aliphatic rings. The van der Waals surface area contributed by atoms with Crippen LogP contribution in [-0.2, 0) is 18.4 Å². The van der Waals surface area contributed by atoms with Gasteiger partial charge in [-0.05, 0) is 41.5 Å². The Bertz CT molecular complexity index is 801. The van der Waals surface area contributed by atoms with E-state index in [1.54, 1.807) is 5.56 Å². The van der Waals surface area contributed by atoms with Gasteiger partial charge in [-0.1, -0.05) is 26.8 Å². The molecule has 120 valence electrons. The number of aryl methyl sites for hydroxylation is 1. The average Bonchev–Trinajstić information content (AvgIpc) is 2.85. The molecule has 0 saturated heterocycles. The minimum absolute atomic E-state index is 0.190. The first-order chi connectivity index (χ1) is 11.0. The Morgan fingerprint density at radius 1 is 1.35 bits per heavy atom. The molecular formula is C20H26N3+. The van der Waals surface area contributed by atoms with Crippen LogP contribution in [0.15, 0.2) is 18.2 Å². The Morgan fingerprint density at radius 2 is 2.17 bits per heavy atom. The van der Waals surface area contributed by atoms with Crippen molar-refractivity contribution >= 4 is 10.9 Å². The van der Waals surface area contributed by atoms with Crippen LogP contribution >= 0.6 is 0 Å². The lowest BCUT2D eigenvalue weighted by atomic mass is 9.85. The number of quaternary nitrogens is 1. The van der Waals surface area contributed by atoms with E-state index in [1.807, 2.05) is 0 Å². The van der Waals surface area contributed by atoms with E-state index in [4.69, 9.17) is 5.26 Å². The first-order valence-corrected chi connectivity index (χ1v) is 8.87. The van der Waals surface area contributed by atoms with E-state index in [2.05, 4.69) is 49.6 Å². The molecule has 0 spiro atoms. The highest BCUT2D eigenvalue weighted by molar-refractivity contribution is 5.87. The zero-order valence-corrected chi connectivity index (χ0v) is 14.4. The Balaban J connectivity index is 1.92. The van der Waals surface area contributed by atoms with Gasteiger partial charge in [-0.2, -0.15) is 5.26 Å². The lowest BCUT2D eigenvalue weighted by molar-refractivity contribution is -0.930. The van der Waals surface area contributed by atoms with Crippen molar-refractivity contribution in [3.8, 4) is 6.07 Å². The molecule has 4 rings (SSSR count). The largest absolute Gasteiger partial charge is 0.334 e. The minimum atomic E-state index is 0.190. The summed E-state index contributed by atoms with van der Waals surface area (Å²) < 4.78 is 2.56. The SMILES string of the molecule is CC(C)(C)c1ccc2c(c1)c1c3n2CC[NH+](CC#N)C3CCC1. The zero-order valence-electron chi connectivity index (χ0n) is 14.4. The number of hydrogen-bond donors (Lipinski definition) is 1. The summed E-state index contributed by atoms with van der Waals surface area (Å²) in [6.45, 7) is 9.63.